The van der Waals surface area contributed by atoms with Gasteiger partial charge in [0.2, 0.25) is 0 Å². The van der Waals surface area contributed by atoms with Crippen LogP contribution >= 0.6 is 0 Å². The highest BCUT2D eigenvalue weighted by atomic mass is 16.5. The zero-order valence-electron chi connectivity index (χ0n) is 16.8. The van der Waals surface area contributed by atoms with Crippen molar-refractivity contribution in [3.63, 3.8) is 0 Å². The molecule has 1 N–H and O–H groups in total. The second-order valence-electron chi connectivity index (χ2n) is 7.54. The molecule has 1 aliphatic rings. The molecule has 0 spiro atoms. The second-order valence-corrected chi connectivity index (χ2v) is 7.54. The number of piperazine rings is 1. The van der Waals surface area contributed by atoms with Crippen molar-refractivity contribution in [2.24, 2.45) is 0 Å². The Kier molecular flexibility index (Phi) is 4.52. The molecule has 0 amide bonds. The van der Waals surface area contributed by atoms with Crippen LogP contribution in [0.4, 0.5) is 5.69 Å². The molecule has 1 aliphatic heterocycles. The molecule has 29 heavy (non-hydrogen) atoms. The molecular weight excluding hydrogens is 364 g/mol. The molecule has 0 aliphatic carbocycles. The first-order valence-corrected chi connectivity index (χ1v) is 10.1. The highest BCUT2D eigenvalue weighted by Gasteiger charge is 2.24. The third-order valence-corrected chi connectivity index (χ3v) is 5.79. The summed E-state index contributed by atoms with van der Waals surface area (Å²) in [5, 5.41) is 10.1. The van der Waals surface area contributed by atoms with Crippen molar-refractivity contribution in [1.29, 1.82) is 0 Å². The van der Waals surface area contributed by atoms with E-state index in [1.54, 1.807) is 7.11 Å². The Morgan fingerprint density at radius 2 is 1.76 bits per heavy atom. The minimum absolute atomic E-state index is 0.849. The van der Waals surface area contributed by atoms with Crippen molar-refractivity contribution < 1.29 is 9.64 Å². The molecule has 4 aromatic rings. The maximum atomic E-state index is 5.53. The average Bonchev–Trinajstić information content (AvgIpc) is 3.19. The molecule has 1 saturated heterocycles. The van der Waals surface area contributed by atoms with Crippen LogP contribution in [0.2, 0.25) is 0 Å². The highest BCUT2D eigenvalue weighted by molar-refractivity contribution is 5.91. The number of nitrogens with zero attached hydrogens (tertiary/aromatic N) is 5. The van der Waals surface area contributed by atoms with Crippen molar-refractivity contribution in [3.05, 3.63) is 60.2 Å². The zero-order chi connectivity index (χ0) is 19.8. The van der Waals surface area contributed by atoms with Gasteiger partial charge in [0, 0.05) is 5.39 Å². The Balaban J connectivity index is 1.36. The molecule has 1 fully saturated rings. The van der Waals surface area contributed by atoms with Gasteiger partial charge >= 0.3 is 0 Å². The third kappa shape index (κ3) is 3.17. The first-order valence-electron chi connectivity index (χ1n) is 10.1. The van der Waals surface area contributed by atoms with Crippen molar-refractivity contribution in [3.8, 4) is 5.75 Å². The summed E-state index contributed by atoms with van der Waals surface area (Å²) >= 11 is 0. The van der Waals surface area contributed by atoms with E-state index in [0.29, 0.717) is 0 Å². The van der Waals surface area contributed by atoms with Gasteiger partial charge in [0.1, 0.15) is 18.1 Å². The lowest BCUT2D eigenvalue weighted by molar-refractivity contribution is -0.915. The largest absolute Gasteiger partial charge is 0.495 e. The molecule has 3 heterocycles. The SMILES string of the molecule is COc1ccccc1N1CC[NH+](Cc2nnc3c4ccccc4nc(C)n23)CC1. The molecule has 0 radical (unpaired) electrons. The average molecular weight is 389 g/mol. The van der Waals surface area contributed by atoms with Crippen LogP contribution in [0.3, 0.4) is 0 Å². The molecule has 2 aromatic heterocycles. The number of quaternary nitrogens is 1. The Morgan fingerprint density at radius 1 is 1.00 bits per heavy atom. The van der Waals surface area contributed by atoms with E-state index in [4.69, 9.17) is 9.72 Å². The van der Waals surface area contributed by atoms with E-state index in [0.717, 1.165) is 66.7 Å². The Morgan fingerprint density at radius 3 is 2.59 bits per heavy atom. The van der Waals surface area contributed by atoms with Crippen molar-refractivity contribution >= 4 is 22.2 Å². The van der Waals surface area contributed by atoms with Crippen molar-refractivity contribution in [1.82, 2.24) is 19.6 Å². The lowest BCUT2D eigenvalue weighted by Gasteiger charge is -2.34. The number of aromatic nitrogens is 4. The van der Waals surface area contributed by atoms with Crippen LogP contribution in [0.1, 0.15) is 11.6 Å². The van der Waals surface area contributed by atoms with Crippen LogP contribution in [0.15, 0.2) is 48.5 Å². The van der Waals surface area contributed by atoms with E-state index in [2.05, 4.69) is 37.7 Å². The molecule has 2 aromatic carbocycles. The third-order valence-electron chi connectivity index (χ3n) is 5.79. The zero-order valence-corrected chi connectivity index (χ0v) is 16.8. The highest BCUT2D eigenvalue weighted by Crippen LogP contribution is 2.27. The fourth-order valence-electron chi connectivity index (χ4n) is 4.29. The minimum Gasteiger partial charge on any atom is -0.495 e. The maximum Gasteiger partial charge on any atom is 0.194 e. The number of aryl methyl sites for hydroxylation is 1. The van der Waals surface area contributed by atoms with Gasteiger partial charge in [0.25, 0.3) is 0 Å². The Hall–Kier alpha value is -3.19. The van der Waals surface area contributed by atoms with Gasteiger partial charge in [0.05, 0.1) is 44.5 Å². The normalized spacial score (nSPS) is 15.3. The van der Waals surface area contributed by atoms with Gasteiger partial charge in [-0.1, -0.05) is 24.3 Å². The topological polar surface area (TPSA) is 60.0 Å². The van der Waals surface area contributed by atoms with E-state index in [1.807, 2.05) is 37.3 Å². The maximum absolute atomic E-state index is 5.53. The number of methoxy groups -OCH3 is 1. The molecule has 0 atom stereocenters. The van der Waals surface area contributed by atoms with Crippen molar-refractivity contribution in [2.75, 3.05) is 38.2 Å². The molecule has 0 bridgehead atoms. The molecule has 5 rings (SSSR count). The summed E-state index contributed by atoms with van der Waals surface area (Å²) in [6, 6.07) is 16.4. The van der Waals surface area contributed by atoms with Crippen molar-refractivity contribution in [2.45, 2.75) is 13.5 Å². The lowest BCUT2D eigenvalue weighted by atomic mass is 10.2. The smallest absolute Gasteiger partial charge is 0.194 e. The minimum atomic E-state index is 0.849. The number of rotatable bonds is 4. The van der Waals surface area contributed by atoms with Crippen LogP contribution in [0.5, 0.6) is 5.75 Å². The molecule has 7 nitrogen and oxygen atoms in total. The van der Waals surface area contributed by atoms with Gasteiger partial charge in [-0.25, -0.2) is 4.98 Å². The van der Waals surface area contributed by atoms with E-state index in [1.165, 1.54) is 10.6 Å². The second kappa shape index (κ2) is 7.33. The van der Waals surface area contributed by atoms with Gasteiger partial charge in [0.15, 0.2) is 11.5 Å². The number of nitrogens with one attached hydrogen (secondary N) is 1. The molecule has 0 unspecified atom stereocenters. The fraction of sp³-hybridized carbons (Fsp3) is 0.318. The van der Waals surface area contributed by atoms with E-state index < -0.39 is 0 Å². The molecule has 7 heteroatoms. The fourth-order valence-corrected chi connectivity index (χ4v) is 4.29. The predicted octanol–water partition coefficient (Wildman–Crippen LogP) is 1.50. The number of para-hydroxylation sites is 3. The number of hydrogen-bond acceptors (Lipinski definition) is 5. The van der Waals surface area contributed by atoms with E-state index in [9.17, 15) is 0 Å². The van der Waals surface area contributed by atoms with Crippen LogP contribution in [-0.2, 0) is 6.54 Å². The lowest BCUT2D eigenvalue weighted by Crippen LogP contribution is -3.13. The summed E-state index contributed by atoms with van der Waals surface area (Å²) in [6.45, 7) is 6.96. The summed E-state index contributed by atoms with van der Waals surface area (Å²) in [4.78, 5) is 8.67. The van der Waals surface area contributed by atoms with Gasteiger partial charge in [-0.05, 0) is 31.2 Å². The van der Waals surface area contributed by atoms with Gasteiger partial charge < -0.3 is 14.5 Å². The predicted molar refractivity (Wildman–Crippen MR) is 113 cm³/mol. The molecular formula is C22H25N6O+. The van der Waals surface area contributed by atoms with Crippen LogP contribution < -0.4 is 14.5 Å². The van der Waals surface area contributed by atoms with Crippen LogP contribution in [0.25, 0.3) is 16.6 Å². The van der Waals surface area contributed by atoms with E-state index >= 15 is 0 Å². The van der Waals surface area contributed by atoms with E-state index in [-0.39, 0.29) is 0 Å². The molecule has 0 saturated carbocycles. The number of ether oxygens (including phenoxy) is 1. The Bertz CT molecular complexity index is 1160. The monoisotopic (exact) mass is 389 g/mol. The number of anilines is 1. The van der Waals surface area contributed by atoms with Gasteiger partial charge in [-0.15, -0.1) is 10.2 Å². The number of benzene rings is 2. The quantitative estimate of drug-likeness (QED) is 0.573. The summed E-state index contributed by atoms with van der Waals surface area (Å²) in [6.07, 6.45) is 0. The summed E-state index contributed by atoms with van der Waals surface area (Å²) < 4.78 is 7.64. The summed E-state index contributed by atoms with van der Waals surface area (Å²) in [7, 11) is 1.73. The summed E-state index contributed by atoms with van der Waals surface area (Å²) in [5.74, 6) is 2.86. The standard InChI is InChI=1S/C22H24N6O/c1-16-23-18-8-4-3-7-17(18)22-25-24-21(28(16)22)15-26-11-13-27(14-12-26)19-9-5-6-10-20(19)29-2/h3-10H,11-15H2,1-2H3/p+1. The van der Waals surface area contributed by atoms with Gasteiger partial charge in [-0.2, -0.15) is 0 Å². The Labute approximate surface area is 169 Å². The summed E-state index contributed by atoms with van der Waals surface area (Å²) in [5.41, 5.74) is 3.04. The first kappa shape index (κ1) is 17.9. The number of hydrogen-bond donors (Lipinski definition) is 1. The molecule has 148 valence electrons. The number of fused-ring (bicyclic) bond motifs is 3. The van der Waals surface area contributed by atoms with Crippen LogP contribution in [-0.4, -0.2) is 52.9 Å². The van der Waals surface area contributed by atoms with Crippen LogP contribution in [0, 0.1) is 6.92 Å². The van der Waals surface area contributed by atoms with Gasteiger partial charge in [-0.3, -0.25) is 4.40 Å². The first-order chi connectivity index (χ1) is 14.2.